The minimum absolute atomic E-state index is 0. The van der Waals surface area contributed by atoms with Crippen LogP contribution in [0.1, 0.15) is 27.2 Å². The van der Waals surface area contributed by atoms with Gasteiger partial charge in [0.05, 0.1) is 13.1 Å². The van der Waals surface area contributed by atoms with E-state index >= 15 is 0 Å². The van der Waals surface area contributed by atoms with Crippen molar-refractivity contribution in [3.63, 3.8) is 0 Å². The predicted octanol–water partition coefficient (Wildman–Crippen LogP) is 3.23. The molecule has 8 nitrogen and oxygen atoms in total. The summed E-state index contributed by atoms with van der Waals surface area (Å²) in [5, 5.41) is 3.42. The van der Waals surface area contributed by atoms with E-state index in [1.807, 2.05) is 48.5 Å². The number of carbonyl (C=O) groups excluding carboxylic acids is 3. The van der Waals surface area contributed by atoms with Gasteiger partial charge in [-0.05, 0) is 46.5 Å². The number of rotatable bonds is 8. The summed E-state index contributed by atoms with van der Waals surface area (Å²) in [6, 6.07) is 22.3. The SMILES string of the molecule is Cl.NC(=O)CNC(=O)c1cccc(-c2cccc3oc(Cc4cccc(CF)c4)cc23)c1.NCC(N)=O. The molecule has 0 aliphatic rings. The van der Waals surface area contributed by atoms with Crippen molar-refractivity contribution >= 4 is 41.1 Å². The van der Waals surface area contributed by atoms with Gasteiger partial charge in [0, 0.05) is 17.4 Å². The lowest BCUT2D eigenvalue weighted by atomic mass is 9.99. The Hall–Kier alpha value is -4.21. The number of benzene rings is 3. The van der Waals surface area contributed by atoms with Gasteiger partial charge in [-0.1, -0.05) is 48.5 Å². The average molecular weight is 527 g/mol. The molecule has 0 saturated heterocycles. The van der Waals surface area contributed by atoms with Crippen molar-refractivity contribution in [1.82, 2.24) is 5.32 Å². The van der Waals surface area contributed by atoms with E-state index in [1.54, 1.807) is 24.3 Å². The topological polar surface area (TPSA) is 154 Å². The molecule has 0 aliphatic carbocycles. The molecule has 4 aromatic rings. The highest BCUT2D eigenvalue weighted by molar-refractivity contribution is 5.99. The molecule has 194 valence electrons. The van der Waals surface area contributed by atoms with Gasteiger partial charge in [0.15, 0.2) is 0 Å². The average Bonchev–Trinajstić information content (AvgIpc) is 3.30. The fourth-order valence-electron chi connectivity index (χ4n) is 3.57. The Morgan fingerprint density at radius 3 is 2.22 bits per heavy atom. The van der Waals surface area contributed by atoms with Crippen molar-refractivity contribution in [3.05, 3.63) is 95.2 Å². The highest BCUT2D eigenvalue weighted by Gasteiger charge is 2.13. The van der Waals surface area contributed by atoms with Gasteiger partial charge in [0.1, 0.15) is 18.0 Å². The third kappa shape index (κ3) is 8.16. The Morgan fingerprint density at radius 2 is 1.54 bits per heavy atom. The number of furan rings is 1. The van der Waals surface area contributed by atoms with Crippen LogP contribution in [-0.2, 0) is 22.7 Å². The number of nitrogens with one attached hydrogen (secondary N) is 1. The van der Waals surface area contributed by atoms with Gasteiger partial charge >= 0.3 is 0 Å². The first-order valence-corrected chi connectivity index (χ1v) is 11.1. The molecular formula is C27H28ClFN4O4. The van der Waals surface area contributed by atoms with Crippen LogP contribution >= 0.6 is 12.4 Å². The third-order valence-electron chi connectivity index (χ3n) is 5.20. The molecule has 0 fully saturated rings. The maximum atomic E-state index is 13.0. The van der Waals surface area contributed by atoms with Crippen LogP contribution in [0.25, 0.3) is 22.1 Å². The Morgan fingerprint density at radius 1 is 0.865 bits per heavy atom. The first kappa shape index (κ1) is 29.0. The number of halogens is 2. The predicted molar refractivity (Wildman–Crippen MR) is 143 cm³/mol. The molecular weight excluding hydrogens is 499 g/mol. The van der Waals surface area contributed by atoms with Gasteiger partial charge < -0.3 is 26.9 Å². The van der Waals surface area contributed by atoms with Crippen molar-refractivity contribution in [2.45, 2.75) is 13.1 Å². The van der Waals surface area contributed by atoms with Gasteiger partial charge in [-0.25, -0.2) is 4.39 Å². The molecule has 37 heavy (non-hydrogen) atoms. The normalized spacial score (nSPS) is 10.1. The van der Waals surface area contributed by atoms with Crippen molar-refractivity contribution in [3.8, 4) is 11.1 Å². The Balaban J connectivity index is 0.000000734. The number of hydrogen-bond acceptors (Lipinski definition) is 5. The van der Waals surface area contributed by atoms with Crippen LogP contribution in [0.3, 0.4) is 0 Å². The summed E-state index contributed by atoms with van der Waals surface area (Å²) in [5.74, 6) is -0.662. The van der Waals surface area contributed by atoms with E-state index in [9.17, 15) is 18.8 Å². The van der Waals surface area contributed by atoms with Gasteiger partial charge in [0.2, 0.25) is 11.8 Å². The number of nitrogens with two attached hydrogens (primary N) is 3. The fourth-order valence-corrected chi connectivity index (χ4v) is 3.57. The number of fused-ring (bicyclic) bond motifs is 1. The van der Waals surface area contributed by atoms with Gasteiger partial charge in [-0.3, -0.25) is 14.4 Å². The van der Waals surface area contributed by atoms with Crippen LogP contribution in [-0.4, -0.2) is 30.8 Å². The van der Waals surface area contributed by atoms with E-state index in [1.165, 1.54) is 0 Å². The molecule has 0 aliphatic heterocycles. The molecule has 1 aromatic heterocycles. The number of carbonyl (C=O) groups is 3. The van der Waals surface area contributed by atoms with Crippen molar-refractivity contribution in [2.24, 2.45) is 17.2 Å². The lowest BCUT2D eigenvalue weighted by molar-refractivity contribution is -0.117. The Labute approximate surface area is 219 Å². The maximum absolute atomic E-state index is 13.0. The second-order valence-electron chi connectivity index (χ2n) is 7.96. The van der Waals surface area contributed by atoms with Crippen molar-refractivity contribution in [1.29, 1.82) is 0 Å². The second-order valence-corrected chi connectivity index (χ2v) is 7.96. The van der Waals surface area contributed by atoms with Gasteiger partial charge in [-0.2, -0.15) is 0 Å². The number of amides is 3. The molecule has 0 saturated carbocycles. The lowest BCUT2D eigenvalue weighted by Crippen LogP contribution is -2.33. The van der Waals surface area contributed by atoms with E-state index in [4.69, 9.17) is 15.9 Å². The quantitative estimate of drug-likeness (QED) is 0.277. The van der Waals surface area contributed by atoms with Crippen LogP contribution in [0.15, 0.2) is 77.2 Å². The molecule has 4 rings (SSSR count). The van der Waals surface area contributed by atoms with Crippen molar-refractivity contribution < 1.29 is 23.2 Å². The second kappa shape index (κ2) is 13.8. The molecule has 0 atom stereocenters. The molecule has 0 bridgehead atoms. The van der Waals surface area contributed by atoms with Crippen LogP contribution in [0, 0.1) is 0 Å². The van der Waals surface area contributed by atoms with Gasteiger partial charge in [-0.15, -0.1) is 12.4 Å². The third-order valence-corrected chi connectivity index (χ3v) is 5.20. The minimum atomic E-state index is -0.600. The first-order chi connectivity index (χ1) is 17.3. The lowest BCUT2D eigenvalue weighted by Gasteiger charge is -2.07. The minimum Gasteiger partial charge on any atom is -0.461 e. The molecule has 10 heteroatoms. The number of hydrogen-bond donors (Lipinski definition) is 4. The van der Waals surface area contributed by atoms with Crippen LogP contribution in [0.4, 0.5) is 4.39 Å². The van der Waals surface area contributed by atoms with E-state index < -0.39 is 18.5 Å². The molecule has 3 aromatic carbocycles. The highest BCUT2D eigenvalue weighted by Crippen LogP contribution is 2.32. The largest absolute Gasteiger partial charge is 0.461 e. The fraction of sp³-hybridized carbons (Fsp3) is 0.148. The summed E-state index contributed by atoms with van der Waals surface area (Å²) in [6.45, 7) is -0.769. The summed E-state index contributed by atoms with van der Waals surface area (Å²) in [6.07, 6.45) is 0.553. The number of alkyl halides is 1. The standard InChI is InChI=1S/C25H21FN2O3.C2H6N2O.ClH/c26-14-17-5-1-4-16(10-17)11-20-13-22-21(8-3-9-23(22)31-20)18-6-2-7-19(12-18)25(30)28-15-24(27)29;3-1-2(4)5;/h1-10,12-13H,11,14-15H2,(H2,27,29)(H,28,30);1,3H2,(H2,4,5);1H. The van der Waals surface area contributed by atoms with Gasteiger partial charge in [0.25, 0.3) is 5.91 Å². The number of primary amides is 2. The van der Waals surface area contributed by atoms with E-state index in [0.717, 1.165) is 33.4 Å². The van der Waals surface area contributed by atoms with Crippen LogP contribution in [0.5, 0.6) is 0 Å². The van der Waals surface area contributed by atoms with E-state index in [-0.39, 0.29) is 31.4 Å². The zero-order valence-corrected chi connectivity index (χ0v) is 20.7. The van der Waals surface area contributed by atoms with Crippen molar-refractivity contribution in [2.75, 3.05) is 13.1 Å². The maximum Gasteiger partial charge on any atom is 0.251 e. The smallest absolute Gasteiger partial charge is 0.251 e. The molecule has 0 unspecified atom stereocenters. The summed E-state index contributed by atoms with van der Waals surface area (Å²) in [5.41, 5.74) is 18.9. The highest BCUT2D eigenvalue weighted by atomic mass is 35.5. The zero-order chi connectivity index (χ0) is 26.1. The Bertz CT molecular complexity index is 1390. The van der Waals surface area contributed by atoms with E-state index in [2.05, 4.69) is 11.1 Å². The van der Waals surface area contributed by atoms with Crippen LogP contribution < -0.4 is 22.5 Å². The molecule has 3 amide bonds. The molecule has 1 heterocycles. The summed E-state index contributed by atoms with van der Waals surface area (Å²) in [4.78, 5) is 32.7. The molecule has 0 spiro atoms. The van der Waals surface area contributed by atoms with Crippen LogP contribution in [0.2, 0.25) is 0 Å². The summed E-state index contributed by atoms with van der Waals surface area (Å²) < 4.78 is 19.0. The Kier molecular flexibility index (Phi) is 10.8. The molecule has 7 N–H and O–H groups in total. The molecule has 0 radical (unpaired) electrons. The monoisotopic (exact) mass is 526 g/mol. The summed E-state index contributed by atoms with van der Waals surface area (Å²) in [7, 11) is 0. The first-order valence-electron chi connectivity index (χ1n) is 11.1. The van der Waals surface area contributed by atoms with E-state index in [0.29, 0.717) is 17.5 Å². The summed E-state index contributed by atoms with van der Waals surface area (Å²) >= 11 is 0. The zero-order valence-electron chi connectivity index (χ0n) is 19.9.